The van der Waals surface area contributed by atoms with Crippen LogP contribution in [0.3, 0.4) is 0 Å². The molecule has 7 heteroatoms. The van der Waals surface area contributed by atoms with Crippen LogP contribution >= 0.6 is 0 Å². The van der Waals surface area contributed by atoms with Crippen molar-refractivity contribution in [2.45, 2.75) is 25.5 Å². The maximum atomic E-state index is 11.6. The van der Waals surface area contributed by atoms with Gasteiger partial charge in [-0.15, -0.1) is 0 Å². The van der Waals surface area contributed by atoms with Crippen molar-refractivity contribution in [1.82, 2.24) is 10.6 Å². The van der Waals surface area contributed by atoms with E-state index in [1.165, 1.54) is 0 Å². The molecule has 0 saturated carbocycles. The van der Waals surface area contributed by atoms with Gasteiger partial charge in [-0.2, -0.15) is 0 Å². The van der Waals surface area contributed by atoms with Crippen LogP contribution in [0, 0.1) is 0 Å². The number of amides is 2. The third kappa shape index (κ3) is 6.03. The largest absolute Gasteiger partial charge is 0.377 e. The first-order valence-electron chi connectivity index (χ1n) is 7.42. The van der Waals surface area contributed by atoms with Gasteiger partial charge in [-0.25, -0.2) is 13.2 Å². The van der Waals surface area contributed by atoms with Gasteiger partial charge in [0.05, 0.1) is 18.1 Å². The van der Waals surface area contributed by atoms with Gasteiger partial charge in [0.25, 0.3) is 0 Å². The standard InChI is InChI=1S/C15H22N2O4S/c18-15(17-14-7-10-22(19,20)12-14)16-8-4-9-21-11-13-5-2-1-3-6-13/h1-3,5-6,14H,4,7-12H2,(H2,16,17,18). The molecule has 1 atom stereocenters. The first-order valence-corrected chi connectivity index (χ1v) is 9.24. The van der Waals surface area contributed by atoms with Crippen molar-refractivity contribution < 1.29 is 17.9 Å². The van der Waals surface area contributed by atoms with Crippen LogP contribution in [0.1, 0.15) is 18.4 Å². The third-order valence-electron chi connectivity index (χ3n) is 3.43. The zero-order valence-electron chi connectivity index (χ0n) is 12.5. The van der Waals surface area contributed by atoms with E-state index >= 15 is 0 Å². The minimum absolute atomic E-state index is 0.0423. The lowest BCUT2D eigenvalue weighted by Crippen LogP contribution is -2.43. The lowest BCUT2D eigenvalue weighted by Gasteiger charge is -2.12. The maximum Gasteiger partial charge on any atom is 0.315 e. The molecule has 122 valence electrons. The average molecular weight is 326 g/mol. The summed E-state index contributed by atoms with van der Waals surface area (Å²) in [6.07, 6.45) is 1.21. The highest BCUT2D eigenvalue weighted by Crippen LogP contribution is 2.10. The van der Waals surface area contributed by atoms with Crippen LogP contribution in [-0.4, -0.2) is 45.1 Å². The van der Waals surface area contributed by atoms with Crippen LogP contribution in [0.25, 0.3) is 0 Å². The van der Waals surface area contributed by atoms with E-state index in [4.69, 9.17) is 4.74 Å². The smallest absolute Gasteiger partial charge is 0.315 e. The molecular formula is C15H22N2O4S. The minimum Gasteiger partial charge on any atom is -0.377 e. The predicted molar refractivity (Wildman–Crippen MR) is 84.3 cm³/mol. The number of nitrogens with one attached hydrogen (secondary N) is 2. The Hall–Kier alpha value is -1.60. The topological polar surface area (TPSA) is 84.5 Å². The Kier molecular flexibility index (Phi) is 6.21. The molecule has 22 heavy (non-hydrogen) atoms. The fourth-order valence-corrected chi connectivity index (χ4v) is 3.96. The van der Waals surface area contributed by atoms with Gasteiger partial charge in [-0.05, 0) is 18.4 Å². The van der Waals surface area contributed by atoms with Crippen LogP contribution in [0.5, 0.6) is 0 Å². The highest BCUT2D eigenvalue weighted by molar-refractivity contribution is 7.91. The van der Waals surface area contributed by atoms with Gasteiger partial charge in [0, 0.05) is 19.2 Å². The van der Waals surface area contributed by atoms with E-state index < -0.39 is 9.84 Å². The van der Waals surface area contributed by atoms with Gasteiger partial charge in [0.15, 0.2) is 9.84 Å². The molecule has 0 aromatic heterocycles. The molecule has 6 nitrogen and oxygen atoms in total. The Bertz CT molecular complexity index is 574. The molecule has 0 bridgehead atoms. The van der Waals surface area contributed by atoms with Gasteiger partial charge < -0.3 is 15.4 Å². The minimum atomic E-state index is -2.96. The normalized spacial score (nSPS) is 19.7. The Labute approximate surface area is 131 Å². The highest BCUT2D eigenvalue weighted by atomic mass is 32.2. The zero-order chi connectivity index (χ0) is 15.8. The van der Waals surface area contributed by atoms with Gasteiger partial charge in [-0.3, -0.25) is 0 Å². The van der Waals surface area contributed by atoms with Crippen molar-refractivity contribution >= 4 is 15.9 Å². The van der Waals surface area contributed by atoms with Crippen LogP contribution < -0.4 is 10.6 Å². The first-order chi connectivity index (χ1) is 10.6. The van der Waals surface area contributed by atoms with Crippen LogP contribution in [0.4, 0.5) is 4.79 Å². The zero-order valence-corrected chi connectivity index (χ0v) is 13.3. The average Bonchev–Trinajstić information content (AvgIpc) is 2.82. The molecule has 1 saturated heterocycles. The molecule has 1 unspecified atom stereocenters. The molecule has 2 amide bonds. The summed E-state index contributed by atoms with van der Waals surface area (Å²) < 4.78 is 28.1. The molecule has 1 heterocycles. The molecule has 1 fully saturated rings. The quantitative estimate of drug-likeness (QED) is 0.734. The maximum absolute atomic E-state index is 11.6. The number of rotatable bonds is 7. The molecule has 1 aliphatic rings. The third-order valence-corrected chi connectivity index (χ3v) is 5.20. The van der Waals surface area contributed by atoms with Crippen molar-refractivity contribution in [3.63, 3.8) is 0 Å². The Morgan fingerprint density at radius 2 is 2.05 bits per heavy atom. The molecule has 0 radical (unpaired) electrons. The van der Waals surface area contributed by atoms with E-state index in [0.717, 1.165) is 5.56 Å². The van der Waals surface area contributed by atoms with E-state index in [0.29, 0.717) is 32.6 Å². The van der Waals surface area contributed by atoms with E-state index in [1.807, 2.05) is 30.3 Å². The van der Waals surface area contributed by atoms with Crippen LogP contribution in [0.2, 0.25) is 0 Å². The summed E-state index contributed by atoms with van der Waals surface area (Å²) in [5.41, 5.74) is 1.12. The summed E-state index contributed by atoms with van der Waals surface area (Å²) in [4.78, 5) is 11.6. The summed E-state index contributed by atoms with van der Waals surface area (Å²) in [5.74, 6) is 0.200. The van der Waals surface area contributed by atoms with Crippen molar-refractivity contribution in [3.8, 4) is 0 Å². The van der Waals surface area contributed by atoms with Crippen LogP contribution in [-0.2, 0) is 21.2 Å². The molecule has 1 aromatic rings. The molecule has 1 aliphatic heterocycles. The van der Waals surface area contributed by atoms with Crippen molar-refractivity contribution in [1.29, 1.82) is 0 Å². The van der Waals surface area contributed by atoms with Gasteiger partial charge in [0.1, 0.15) is 0 Å². The van der Waals surface area contributed by atoms with E-state index in [1.54, 1.807) is 0 Å². The van der Waals surface area contributed by atoms with E-state index in [2.05, 4.69) is 10.6 Å². The summed E-state index contributed by atoms with van der Waals surface area (Å²) >= 11 is 0. The molecule has 0 aliphatic carbocycles. The summed E-state index contributed by atoms with van der Waals surface area (Å²) in [7, 11) is -2.96. The number of carbonyl (C=O) groups excluding carboxylic acids is 1. The summed E-state index contributed by atoms with van der Waals surface area (Å²) in [6, 6.07) is 9.32. The number of benzene rings is 1. The second kappa shape index (κ2) is 8.14. The Balaban J connectivity index is 1.51. The molecule has 0 spiro atoms. The van der Waals surface area contributed by atoms with Gasteiger partial charge in [-0.1, -0.05) is 30.3 Å². The number of carbonyl (C=O) groups is 1. The number of hydrogen-bond acceptors (Lipinski definition) is 4. The Morgan fingerprint density at radius 1 is 1.27 bits per heavy atom. The molecular weight excluding hydrogens is 304 g/mol. The fourth-order valence-electron chi connectivity index (χ4n) is 2.29. The van der Waals surface area contributed by atoms with E-state index in [-0.39, 0.29) is 23.6 Å². The number of hydrogen-bond donors (Lipinski definition) is 2. The first kappa shape index (κ1) is 16.8. The number of urea groups is 1. The summed E-state index contributed by atoms with van der Waals surface area (Å²) in [6.45, 7) is 1.63. The number of ether oxygens (including phenoxy) is 1. The highest BCUT2D eigenvalue weighted by Gasteiger charge is 2.28. The predicted octanol–water partition coefficient (Wildman–Crippen LogP) is 1.08. The van der Waals surface area contributed by atoms with Gasteiger partial charge in [0.2, 0.25) is 0 Å². The van der Waals surface area contributed by atoms with Crippen molar-refractivity contribution in [2.24, 2.45) is 0 Å². The number of sulfone groups is 1. The Morgan fingerprint density at radius 3 is 2.73 bits per heavy atom. The van der Waals surface area contributed by atoms with Crippen molar-refractivity contribution in [2.75, 3.05) is 24.7 Å². The fraction of sp³-hybridized carbons (Fsp3) is 0.533. The van der Waals surface area contributed by atoms with Crippen molar-refractivity contribution in [3.05, 3.63) is 35.9 Å². The monoisotopic (exact) mass is 326 g/mol. The molecule has 1 aromatic carbocycles. The summed E-state index contributed by atoms with van der Waals surface area (Å²) in [5, 5.41) is 5.39. The second-order valence-corrected chi connectivity index (χ2v) is 7.62. The van der Waals surface area contributed by atoms with Crippen LogP contribution in [0.15, 0.2) is 30.3 Å². The SMILES string of the molecule is O=C(NCCCOCc1ccccc1)NC1CCS(=O)(=O)C1. The lowest BCUT2D eigenvalue weighted by atomic mass is 10.2. The van der Waals surface area contributed by atoms with E-state index in [9.17, 15) is 13.2 Å². The van der Waals surface area contributed by atoms with Gasteiger partial charge >= 0.3 is 6.03 Å². The lowest BCUT2D eigenvalue weighted by molar-refractivity contribution is 0.118. The second-order valence-electron chi connectivity index (χ2n) is 5.39. The molecule has 2 rings (SSSR count). The molecule has 2 N–H and O–H groups in total.